The zero-order chi connectivity index (χ0) is 13.8. The van der Waals surface area contributed by atoms with E-state index in [9.17, 15) is 4.79 Å². The molecule has 0 aliphatic rings. The minimum absolute atomic E-state index is 0.0997. The predicted molar refractivity (Wildman–Crippen MR) is 77.8 cm³/mol. The van der Waals surface area contributed by atoms with E-state index in [1.54, 1.807) is 7.11 Å². The van der Waals surface area contributed by atoms with Crippen molar-refractivity contribution in [1.82, 2.24) is 4.98 Å². The number of halogens is 1. The van der Waals surface area contributed by atoms with Crippen LogP contribution in [0, 0.1) is 0 Å². The Morgan fingerprint density at radius 3 is 3.00 bits per heavy atom. The first-order valence-electron chi connectivity index (χ1n) is 5.60. The molecular weight excluding hydrogens is 330 g/mol. The van der Waals surface area contributed by atoms with Crippen molar-refractivity contribution in [2.24, 2.45) is 0 Å². The van der Waals surface area contributed by atoms with E-state index in [-0.39, 0.29) is 6.42 Å². The van der Waals surface area contributed by atoms with Gasteiger partial charge in [-0.05, 0) is 18.2 Å². The van der Waals surface area contributed by atoms with Crippen LogP contribution in [0.15, 0.2) is 28.1 Å². The first-order chi connectivity index (χ1) is 9.10. The predicted octanol–water partition coefficient (Wildman–Crippen LogP) is 3.60. The molecule has 0 saturated heterocycles. The molecule has 2 aromatic rings. The number of rotatable bonds is 5. The van der Waals surface area contributed by atoms with Crippen LogP contribution in [0.5, 0.6) is 5.75 Å². The molecule has 6 heteroatoms. The molecule has 0 spiro atoms. The molecule has 1 N–H and O–H groups in total. The highest BCUT2D eigenvalue weighted by atomic mass is 79.9. The van der Waals surface area contributed by atoms with Gasteiger partial charge in [0.15, 0.2) is 0 Å². The quantitative estimate of drug-likeness (QED) is 0.902. The van der Waals surface area contributed by atoms with Crippen LogP contribution in [0.4, 0.5) is 0 Å². The first kappa shape index (κ1) is 14.0. The van der Waals surface area contributed by atoms with Crippen LogP contribution in [0.2, 0.25) is 0 Å². The number of carboxylic acid groups (broad SMARTS) is 1. The van der Waals surface area contributed by atoms with Crippen LogP contribution in [-0.2, 0) is 11.2 Å². The molecule has 0 unspecified atom stereocenters. The van der Waals surface area contributed by atoms with Crippen molar-refractivity contribution < 1.29 is 14.6 Å². The van der Waals surface area contributed by atoms with Gasteiger partial charge in [-0.25, -0.2) is 4.98 Å². The fourth-order valence-electron chi connectivity index (χ4n) is 1.58. The van der Waals surface area contributed by atoms with E-state index < -0.39 is 5.97 Å². The highest BCUT2D eigenvalue weighted by Gasteiger charge is 2.10. The Balaban J connectivity index is 2.24. The summed E-state index contributed by atoms with van der Waals surface area (Å²) in [6.45, 7) is 0. The van der Waals surface area contributed by atoms with Crippen molar-refractivity contribution in [2.45, 2.75) is 12.8 Å². The molecule has 0 aliphatic heterocycles. The molecule has 2 rings (SSSR count). The smallest absolute Gasteiger partial charge is 0.303 e. The van der Waals surface area contributed by atoms with Gasteiger partial charge in [0, 0.05) is 21.8 Å². The second-order valence-electron chi connectivity index (χ2n) is 3.88. The number of nitrogens with zero attached hydrogens (tertiary/aromatic N) is 1. The van der Waals surface area contributed by atoms with Gasteiger partial charge in [-0.2, -0.15) is 0 Å². The number of hydrogen-bond acceptors (Lipinski definition) is 4. The molecule has 19 heavy (non-hydrogen) atoms. The van der Waals surface area contributed by atoms with Crippen molar-refractivity contribution in [3.8, 4) is 16.3 Å². The van der Waals surface area contributed by atoms with Gasteiger partial charge in [0.05, 0.1) is 19.2 Å². The maximum atomic E-state index is 10.5. The SMILES string of the molecule is COc1ccc(Br)c(-c2nc(CCC(=O)O)cs2)c1. The maximum Gasteiger partial charge on any atom is 0.303 e. The van der Waals surface area contributed by atoms with E-state index in [0.717, 1.165) is 26.5 Å². The third-order valence-electron chi connectivity index (χ3n) is 2.55. The third kappa shape index (κ3) is 3.54. The first-order valence-corrected chi connectivity index (χ1v) is 7.27. The minimum Gasteiger partial charge on any atom is -0.497 e. The van der Waals surface area contributed by atoms with Crippen molar-refractivity contribution in [2.75, 3.05) is 7.11 Å². The summed E-state index contributed by atoms with van der Waals surface area (Å²) in [4.78, 5) is 15.0. The summed E-state index contributed by atoms with van der Waals surface area (Å²) in [5.74, 6) is -0.0439. The van der Waals surface area contributed by atoms with Crippen LogP contribution in [-0.4, -0.2) is 23.2 Å². The van der Waals surface area contributed by atoms with Gasteiger partial charge in [-0.3, -0.25) is 4.79 Å². The standard InChI is InChI=1S/C13H12BrNO3S/c1-18-9-3-4-11(14)10(6-9)13-15-8(7-19-13)2-5-12(16)17/h3-4,6-7H,2,5H2,1H3,(H,16,17). The van der Waals surface area contributed by atoms with E-state index >= 15 is 0 Å². The van der Waals surface area contributed by atoms with Gasteiger partial charge in [0.2, 0.25) is 0 Å². The monoisotopic (exact) mass is 341 g/mol. The summed E-state index contributed by atoms with van der Waals surface area (Å²) in [6, 6.07) is 5.68. The lowest BCUT2D eigenvalue weighted by Crippen LogP contribution is -1.97. The molecule has 0 amide bonds. The number of benzene rings is 1. The molecule has 0 radical (unpaired) electrons. The zero-order valence-corrected chi connectivity index (χ0v) is 12.6. The summed E-state index contributed by atoms with van der Waals surface area (Å²) in [5, 5.41) is 11.4. The average molecular weight is 342 g/mol. The Morgan fingerprint density at radius 1 is 1.53 bits per heavy atom. The molecule has 1 heterocycles. The minimum atomic E-state index is -0.808. The third-order valence-corrected chi connectivity index (χ3v) is 4.17. The molecular formula is C13H12BrNO3S. The average Bonchev–Trinajstić information content (AvgIpc) is 2.85. The van der Waals surface area contributed by atoms with Gasteiger partial charge in [0.25, 0.3) is 0 Å². The van der Waals surface area contributed by atoms with Gasteiger partial charge >= 0.3 is 5.97 Å². The number of thiazole rings is 1. The van der Waals surface area contributed by atoms with E-state index in [1.165, 1.54) is 11.3 Å². The number of carbonyl (C=O) groups is 1. The second-order valence-corrected chi connectivity index (χ2v) is 5.60. The normalized spacial score (nSPS) is 10.4. The zero-order valence-electron chi connectivity index (χ0n) is 10.2. The van der Waals surface area contributed by atoms with Crippen LogP contribution in [0.3, 0.4) is 0 Å². The summed E-state index contributed by atoms with van der Waals surface area (Å²) in [6.07, 6.45) is 0.551. The summed E-state index contributed by atoms with van der Waals surface area (Å²) >= 11 is 4.98. The number of hydrogen-bond donors (Lipinski definition) is 1. The van der Waals surface area contributed by atoms with Crippen molar-refractivity contribution in [1.29, 1.82) is 0 Å². The number of aryl methyl sites for hydroxylation is 1. The highest BCUT2D eigenvalue weighted by molar-refractivity contribution is 9.10. The maximum absolute atomic E-state index is 10.5. The molecule has 0 bridgehead atoms. The molecule has 0 aliphatic carbocycles. The molecule has 4 nitrogen and oxygen atoms in total. The van der Waals surface area contributed by atoms with Crippen molar-refractivity contribution in [3.63, 3.8) is 0 Å². The number of aromatic nitrogens is 1. The van der Waals surface area contributed by atoms with Gasteiger partial charge in [-0.15, -0.1) is 11.3 Å². The van der Waals surface area contributed by atoms with Crippen molar-refractivity contribution in [3.05, 3.63) is 33.7 Å². The molecule has 0 saturated carbocycles. The fraction of sp³-hybridized carbons (Fsp3) is 0.231. The van der Waals surface area contributed by atoms with Gasteiger partial charge in [-0.1, -0.05) is 15.9 Å². The van der Waals surface area contributed by atoms with E-state index in [1.807, 2.05) is 23.6 Å². The van der Waals surface area contributed by atoms with E-state index in [2.05, 4.69) is 20.9 Å². The molecule has 1 aromatic carbocycles. The Labute approximate surface area is 123 Å². The summed E-state index contributed by atoms with van der Waals surface area (Å²) in [7, 11) is 1.62. The lowest BCUT2D eigenvalue weighted by Gasteiger charge is -2.04. The molecule has 0 fully saturated rings. The summed E-state index contributed by atoms with van der Waals surface area (Å²) < 4.78 is 6.13. The van der Waals surface area contributed by atoms with Crippen molar-refractivity contribution >= 4 is 33.2 Å². The molecule has 1 aromatic heterocycles. The molecule has 100 valence electrons. The Bertz CT molecular complexity index is 597. The van der Waals surface area contributed by atoms with Crippen LogP contribution in [0.1, 0.15) is 12.1 Å². The van der Waals surface area contributed by atoms with Gasteiger partial charge in [0.1, 0.15) is 10.8 Å². The Kier molecular flexibility index (Phi) is 4.55. The Morgan fingerprint density at radius 2 is 2.32 bits per heavy atom. The number of ether oxygens (including phenoxy) is 1. The summed E-state index contributed by atoms with van der Waals surface area (Å²) in [5.41, 5.74) is 1.75. The largest absolute Gasteiger partial charge is 0.497 e. The lowest BCUT2D eigenvalue weighted by molar-refractivity contribution is -0.136. The Hall–Kier alpha value is -1.40. The topological polar surface area (TPSA) is 59.4 Å². The van der Waals surface area contributed by atoms with Gasteiger partial charge < -0.3 is 9.84 Å². The van der Waals surface area contributed by atoms with E-state index in [0.29, 0.717) is 6.42 Å². The highest BCUT2D eigenvalue weighted by Crippen LogP contribution is 2.33. The number of methoxy groups -OCH3 is 1. The molecule has 0 atom stereocenters. The number of aliphatic carboxylic acids is 1. The second kappa shape index (κ2) is 6.16. The lowest BCUT2D eigenvalue weighted by atomic mass is 10.2. The fourth-order valence-corrected chi connectivity index (χ4v) is 3.03. The van der Waals surface area contributed by atoms with Crippen LogP contribution in [0.25, 0.3) is 10.6 Å². The van der Waals surface area contributed by atoms with Crippen LogP contribution >= 0.6 is 27.3 Å². The number of carboxylic acids is 1. The van der Waals surface area contributed by atoms with E-state index in [4.69, 9.17) is 9.84 Å². The van der Waals surface area contributed by atoms with Crippen LogP contribution < -0.4 is 4.74 Å².